The highest BCUT2D eigenvalue weighted by atomic mass is 79.9. The molecule has 1 nitrogen and oxygen atoms in total. The van der Waals surface area contributed by atoms with E-state index in [1.807, 2.05) is 30.0 Å². The summed E-state index contributed by atoms with van der Waals surface area (Å²) in [5, 5.41) is 0. The summed E-state index contributed by atoms with van der Waals surface area (Å²) in [6.07, 6.45) is 6.87. The summed E-state index contributed by atoms with van der Waals surface area (Å²) in [5.41, 5.74) is 6.77. The molecule has 0 aliphatic heterocycles. The number of halogens is 1. The number of allylic oxidation sites excluding steroid dienone is 1. The van der Waals surface area contributed by atoms with Gasteiger partial charge in [-0.1, -0.05) is 28.4 Å². The van der Waals surface area contributed by atoms with Gasteiger partial charge < -0.3 is 5.73 Å². The number of anilines is 1. The van der Waals surface area contributed by atoms with E-state index in [1.165, 1.54) is 24.2 Å². The number of nitrogen functional groups attached to an aromatic ring is 1. The topological polar surface area (TPSA) is 26.0 Å². The molecule has 88 valence electrons. The van der Waals surface area contributed by atoms with Crippen molar-refractivity contribution in [2.75, 3.05) is 11.5 Å². The molecule has 0 unspecified atom stereocenters. The second-order valence-corrected chi connectivity index (χ2v) is 5.72. The lowest BCUT2D eigenvalue weighted by Crippen LogP contribution is -1.89. The summed E-state index contributed by atoms with van der Waals surface area (Å²) in [7, 11) is 0. The van der Waals surface area contributed by atoms with E-state index >= 15 is 0 Å². The standard InChI is InChI=1S/C13H18BrNS/c1-2-3-4-5-6-9-16-13-10-11(14)7-8-12(13)15/h2,7-8,10H,1,3-6,9,15H2. The quantitative estimate of drug-likeness (QED) is 0.336. The van der Waals surface area contributed by atoms with Crippen LogP contribution in [0.25, 0.3) is 0 Å². The van der Waals surface area contributed by atoms with Crippen LogP contribution in [0.1, 0.15) is 25.7 Å². The van der Waals surface area contributed by atoms with Crippen LogP contribution in [-0.2, 0) is 0 Å². The fourth-order valence-corrected chi connectivity index (χ4v) is 2.91. The van der Waals surface area contributed by atoms with E-state index in [0.29, 0.717) is 0 Å². The monoisotopic (exact) mass is 299 g/mol. The largest absolute Gasteiger partial charge is 0.398 e. The second kappa shape index (κ2) is 7.80. The molecule has 0 spiro atoms. The van der Waals surface area contributed by atoms with Gasteiger partial charge in [0.2, 0.25) is 0 Å². The Balaban J connectivity index is 2.26. The average Bonchev–Trinajstić information content (AvgIpc) is 2.28. The molecule has 0 atom stereocenters. The van der Waals surface area contributed by atoms with E-state index in [1.54, 1.807) is 0 Å². The molecular formula is C13H18BrNS. The lowest BCUT2D eigenvalue weighted by atomic mass is 10.2. The van der Waals surface area contributed by atoms with Crippen molar-refractivity contribution in [2.24, 2.45) is 0 Å². The Hall–Kier alpha value is -0.410. The normalized spacial score (nSPS) is 10.3. The van der Waals surface area contributed by atoms with Crippen LogP contribution in [0.4, 0.5) is 5.69 Å². The molecule has 1 rings (SSSR count). The maximum atomic E-state index is 5.90. The average molecular weight is 300 g/mol. The Kier molecular flexibility index (Phi) is 6.65. The molecule has 16 heavy (non-hydrogen) atoms. The van der Waals surface area contributed by atoms with E-state index in [9.17, 15) is 0 Å². The summed E-state index contributed by atoms with van der Waals surface area (Å²) in [6.45, 7) is 3.72. The lowest BCUT2D eigenvalue weighted by Gasteiger charge is -2.05. The first-order chi connectivity index (χ1) is 7.74. The number of unbranched alkanes of at least 4 members (excludes halogenated alkanes) is 3. The molecular weight excluding hydrogens is 282 g/mol. The molecule has 0 saturated carbocycles. The van der Waals surface area contributed by atoms with Crippen LogP contribution in [0, 0.1) is 0 Å². The SMILES string of the molecule is C=CCCCCCSc1cc(Br)ccc1N. The summed E-state index contributed by atoms with van der Waals surface area (Å²) < 4.78 is 1.09. The molecule has 0 amide bonds. The van der Waals surface area contributed by atoms with Gasteiger partial charge in [-0.2, -0.15) is 0 Å². The van der Waals surface area contributed by atoms with Gasteiger partial charge in [0.1, 0.15) is 0 Å². The van der Waals surface area contributed by atoms with Gasteiger partial charge in [0.15, 0.2) is 0 Å². The first-order valence-electron chi connectivity index (χ1n) is 5.52. The minimum Gasteiger partial charge on any atom is -0.398 e. The summed E-state index contributed by atoms with van der Waals surface area (Å²) in [5.74, 6) is 1.14. The fraction of sp³-hybridized carbons (Fsp3) is 0.385. The highest BCUT2D eigenvalue weighted by molar-refractivity contribution is 9.10. The number of hydrogen-bond acceptors (Lipinski definition) is 2. The van der Waals surface area contributed by atoms with Gasteiger partial charge in [0, 0.05) is 15.1 Å². The zero-order chi connectivity index (χ0) is 11.8. The Bertz CT molecular complexity index is 339. The van der Waals surface area contributed by atoms with Gasteiger partial charge in [-0.15, -0.1) is 18.3 Å². The molecule has 1 aromatic carbocycles. The van der Waals surface area contributed by atoms with Crippen LogP contribution >= 0.6 is 27.7 Å². The Morgan fingerprint density at radius 2 is 2.12 bits per heavy atom. The van der Waals surface area contributed by atoms with Gasteiger partial charge in [0.05, 0.1) is 0 Å². The predicted octanol–water partition coefficient (Wildman–Crippen LogP) is 4.87. The van der Waals surface area contributed by atoms with Crippen LogP contribution in [-0.4, -0.2) is 5.75 Å². The van der Waals surface area contributed by atoms with Crippen molar-refractivity contribution in [3.05, 3.63) is 35.3 Å². The van der Waals surface area contributed by atoms with Crippen molar-refractivity contribution in [1.82, 2.24) is 0 Å². The lowest BCUT2D eigenvalue weighted by molar-refractivity contribution is 0.735. The minimum absolute atomic E-state index is 0.874. The Morgan fingerprint density at radius 3 is 2.88 bits per heavy atom. The van der Waals surface area contributed by atoms with Crippen LogP contribution in [0.5, 0.6) is 0 Å². The minimum atomic E-state index is 0.874. The first kappa shape index (κ1) is 13.7. The number of hydrogen-bond donors (Lipinski definition) is 1. The van der Waals surface area contributed by atoms with Gasteiger partial charge in [0.25, 0.3) is 0 Å². The van der Waals surface area contributed by atoms with Crippen molar-refractivity contribution in [1.29, 1.82) is 0 Å². The van der Waals surface area contributed by atoms with Gasteiger partial charge in [-0.25, -0.2) is 0 Å². The van der Waals surface area contributed by atoms with Crippen LogP contribution < -0.4 is 5.73 Å². The molecule has 0 aromatic heterocycles. The van der Waals surface area contributed by atoms with E-state index < -0.39 is 0 Å². The maximum Gasteiger partial charge on any atom is 0.0453 e. The van der Waals surface area contributed by atoms with Gasteiger partial charge >= 0.3 is 0 Å². The third-order valence-electron chi connectivity index (χ3n) is 2.29. The number of nitrogens with two attached hydrogens (primary N) is 1. The highest BCUT2D eigenvalue weighted by Crippen LogP contribution is 2.28. The van der Waals surface area contributed by atoms with Crippen molar-refractivity contribution >= 4 is 33.4 Å². The summed E-state index contributed by atoms with van der Waals surface area (Å²) in [6, 6.07) is 6.01. The molecule has 0 aliphatic rings. The Morgan fingerprint density at radius 1 is 1.31 bits per heavy atom. The van der Waals surface area contributed by atoms with E-state index in [-0.39, 0.29) is 0 Å². The molecule has 0 saturated heterocycles. The molecule has 3 heteroatoms. The molecule has 0 radical (unpaired) electrons. The van der Waals surface area contributed by atoms with E-state index in [0.717, 1.165) is 22.3 Å². The summed E-state index contributed by atoms with van der Waals surface area (Å²) in [4.78, 5) is 1.18. The predicted molar refractivity (Wildman–Crippen MR) is 77.9 cm³/mol. The molecule has 1 aromatic rings. The third-order valence-corrected chi connectivity index (χ3v) is 3.94. The van der Waals surface area contributed by atoms with Crippen LogP contribution in [0.15, 0.2) is 40.2 Å². The number of rotatable bonds is 7. The molecule has 0 aliphatic carbocycles. The van der Waals surface area contributed by atoms with Crippen molar-refractivity contribution in [3.63, 3.8) is 0 Å². The first-order valence-corrected chi connectivity index (χ1v) is 7.30. The third kappa shape index (κ3) is 5.08. The van der Waals surface area contributed by atoms with Crippen molar-refractivity contribution < 1.29 is 0 Å². The van der Waals surface area contributed by atoms with Gasteiger partial charge in [-0.05, 0) is 43.2 Å². The number of benzene rings is 1. The second-order valence-electron chi connectivity index (χ2n) is 3.67. The maximum absolute atomic E-state index is 5.90. The van der Waals surface area contributed by atoms with Crippen molar-refractivity contribution in [2.45, 2.75) is 30.6 Å². The smallest absolute Gasteiger partial charge is 0.0453 e. The molecule has 0 fully saturated rings. The fourth-order valence-electron chi connectivity index (χ4n) is 1.38. The van der Waals surface area contributed by atoms with Gasteiger partial charge in [-0.3, -0.25) is 0 Å². The van der Waals surface area contributed by atoms with Crippen molar-refractivity contribution in [3.8, 4) is 0 Å². The number of thioether (sulfide) groups is 1. The highest BCUT2D eigenvalue weighted by Gasteiger charge is 2.00. The van der Waals surface area contributed by atoms with E-state index in [2.05, 4.69) is 28.6 Å². The zero-order valence-electron chi connectivity index (χ0n) is 9.42. The van der Waals surface area contributed by atoms with E-state index in [4.69, 9.17) is 5.73 Å². The summed E-state index contributed by atoms with van der Waals surface area (Å²) >= 11 is 5.30. The van der Waals surface area contributed by atoms with Crippen LogP contribution in [0.2, 0.25) is 0 Å². The van der Waals surface area contributed by atoms with Crippen LogP contribution in [0.3, 0.4) is 0 Å². The molecule has 0 heterocycles. The zero-order valence-corrected chi connectivity index (χ0v) is 11.8. The Labute approximate surface area is 111 Å². The molecule has 0 bridgehead atoms. The molecule has 2 N–H and O–H groups in total.